The van der Waals surface area contributed by atoms with Crippen LogP contribution in [0.1, 0.15) is 36.0 Å². The normalized spacial score (nSPS) is 27.5. The Morgan fingerprint density at radius 2 is 1.91 bits per heavy atom. The highest BCUT2D eigenvalue weighted by atomic mass is 19.1. The molecule has 3 aliphatic rings. The van der Waals surface area contributed by atoms with Crippen LogP contribution in [0, 0.1) is 11.6 Å². The molecule has 6 nitrogen and oxygen atoms in total. The quantitative estimate of drug-likeness (QED) is 0.720. The van der Waals surface area contributed by atoms with Gasteiger partial charge in [-0.2, -0.15) is 0 Å². The lowest BCUT2D eigenvalue weighted by atomic mass is 9.93. The van der Waals surface area contributed by atoms with Crippen molar-refractivity contribution in [2.45, 2.75) is 63.1 Å². The molecule has 2 fully saturated rings. The van der Waals surface area contributed by atoms with Crippen molar-refractivity contribution in [2.24, 2.45) is 0 Å². The molecule has 0 bridgehead atoms. The predicted molar refractivity (Wildman–Crippen MR) is 125 cm³/mol. The number of hydrogen-bond donors (Lipinski definition) is 1. The summed E-state index contributed by atoms with van der Waals surface area (Å²) in [6.07, 6.45) is 1.31. The number of carbonyl (C=O) groups is 1. The molecule has 2 aromatic rings. The van der Waals surface area contributed by atoms with Crippen LogP contribution in [-0.2, 0) is 33.8 Å². The van der Waals surface area contributed by atoms with Gasteiger partial charge in [-0.15, -0.1) is 0 Å². The first-order chi connectivity index (χ1) is 17.0. The first-order valence-electron chi connectivity index (χ1n) is 12.4. The number of aliphatic hydroxyl groups is 1. The number of β-amino-alcohol motifs (C(OH)–C–C–N with tert-alkyl or cyclic N) is 1. The maximum Gasteiger partial charge on any atom is 0.225 e. The molecule has 5 rings (SSSR count). The fourth-order valence-electron chi connectivity index (χ4n) is 5.54. The minimum absolute atomic E-state index is 0.0869. The summed E-state index contributed by atoms with van der Waals surface area (Å²) in [6, 6.07) is 11.5. The second-order valence-electron chi connectivity index (χ2n) is 9.84. The SMILES string of the molecule is O=C(C[C@H]1CC[C@H]2[C@@H](COC[C@H](O)CN2Cc2cc(F)ccc2F)O1)N1CCc2ccccc2C1. The fraction of sp³-hybridized carbons (Fsp3) is 0.519. The lowest BCUT2D eigenvalue weighted by molar-refractivity contribution is -0.161. The van der Waals surface area contributed by atoms with Gasteiger partial charge in [-0.05, 0) is 48.6 Å². The third-order valence-corrected chi connectivity index (χ3v) is 7.35. The Labute approximate surface area is 204 Å². The van der Waals surface area contributed by atoms with E-state index in [1.54, 1.807) is 0 Å². The summed E-state index contributed by atoms with van der Waals surface area (Å²) in [5.74, 6) is -0.879. The van der Waals surface area contributed by atoms with E-state index in [1.165, 1.54) is 17.2 Å². The Morgan fingerprint density at radius 3 is 2.77 bits per heavy atom. The zero-order chi connectivity index (χ0) is 24.4. The smallest absolute Gasteiger partial charge is 0.225 e. The van der Waals surface area contributed by atoms with E-state index in [4.69, 9.17) is 9.47 Å². The molecule has 0 radical (unpaired) electrons. The zero-order valence-corrected chi connectivity index (χ0v) is 19.7. The number of ether oxygens (including phenoxy) is 2. The molecular formula is C27H32F2N2O4. The average Bonchev–Trinajstić information content (AvgIpc) is 2.85. The highest BCUT2D eigenvalue weighted by Crippen LogP contribution is 2.30. The molecule has 0 spiro atoms. The van der Waals surface area contributed by atoms with E-state index < -0.39 is 17.7 Å². The van der Waals surface area contributed by atoms with E-state index in [1.807, 2.05) is 21.9 Å². The van der Waals surface area contributed by atoms with Crippen LogP contribution in [-0.4, -0.2) is 71.5 Å². The van der Waals surface area contributed by atoms with Gasteiger partial charge in [0, 0.05) is 37.8 Å². The van der Waals surface area contributed by atoms with Crippen LogP contribution in [0.2, 0.25) is 0 Å². The van der Waals surface area contributed by atoms with E-state index in [-0.39, 0.29) is 56.0 Å². The minimum atomic E-state index is -0.728. The van der Waals surface area contributed by atoms with Gasteiger partial charge in [0.05, 0.1) is 37.9 Å². The Morgan fingerprint density at radius 1 is 1.09 bits per heavy atom. The summed E-state index contributed by atoms with van der Waals surface area (Å²) >= 11 is 0. The molecule has 4 atom stereocenters. The van der Waals surface area contributed by atoms with Crippen LogP contribution >= 0.6 is 0 Å². The number of fused-ring (bicyclic) bond motifs is 2. The average molecular weight is 487 g/mol. The minimum Gasteiger partial charge on any atom is -0.389 e. The maximum atomic E-state index is 14.3. The Hall–Kier alpha value is -2.39. The Bertz CT molecular complexity index is 1050. The van der Waals surface area contributed by atoms with E-state index in [0.29, 0.717) is 25.9 Å². The van der Waals surface area contributed by atoms with E-state index in [2.05, 4.69) is 12.1 Å². The van der Waals surface area contributed by atoms with Crippen molar-refractivity contribution in [3.8, 4) is 0 Å². The van der Waals surface area contributed by atoms with E-state index in [9.17, 15) is 18.7 Å². The lowest BCUT2D eigenvalue weighted by Crippen LogP contribution is -2.55. The van der Waals surface area contributed by atoms with Gasteiger partial charge in [0.15, 0.2) is 0 Å². The van der Waals surface area contributed by atoms with Gasteiger partial charge in [-0.25, -0.2) is 8.78 Å². The number of aliphatic hydroxyl groups excluding tert-OH is 1. The summed E-state index contributed by atoms with van der Waals surface area (Å²) in [5, 5.41) is 10.3. The third kappa shape index (κ3) is 5.72. The first kappa shape index (κ1) is 24.3. The van der Waals surface area contributed by atoms with E-state index in [0.717, 1.165) is 25.0 Å². The number of benzene rings is 2. The molecule has 2 aromatic carbocycles. The summed E-state index contributed by atoms with van der Waals surface area (Å²) in [6.45, 7) is 2.21. The number of nitrogens with zero attached hydrogens (tertiary/aromatic N) is 2. The Kier molecular flexibility index (Phi) is 7.43. The Balaban J connectivity index is 1.24. The zero-order valence-electron chi connectivity index (χ0n) is 19.7. The van der Waals surface area contributed by atoms with Crippen molar-refractivity contribution >= 4 is 5.91 Å². The summed E-state index contributed by atoms with van der Waals surface area (Å²) < 4.78 is 40.1. The summed E-state index contributed by atoms with van der Waals surface area (Å²) in [4.78, 5) is 16.9. The fourth-order valence-corrected chi connectivity index (χ4v) is 5.54. The monoisotopic (exact) mass is 486 g/mol. The highest BCUT2D eigenvalue weighted by Gasteiger charge is 2.38. The van der Waals surface area contributed by atoms with Crippen LogP contribution in [0.4, 0.5) is 8.78 Å². The van der Waals surface area contributed by atoms with Gasteiger partial charge >= 0.3 is 0 Å². The highest BCUT2D eigenvalue weighted by molar-refractivity contribution is 5.77. The van der Waals surface area contributed by atoms with Crippen LogP contribution in [0.25, 0.3) is 0 Å². The number of rotatable bonds is 4. The number of amides is 1. The molecule has 2 saturated heterocycles. The molecule has 3 heterocycles. The number of hydrogen-bond acceptors (Lipinski definition) is 5. The van der Waals surface area contributed by atoms with Crippen molar-refractivity contribution in [3.05, 3.63) is 70.8 Å². The molecule has 0 aliphatic carbocycles. The lowest BCUT2D eigenvalue weighted by Gasteiger charge is -2.44. The number of carbonyl (C=O) groups excluding carboxylic acids is 1. The first-order valence-corrected chi connectivity index (χ1v) is 12.4. The second-order valence-corrected chi connectivity index (χ2v) is 9.84. The van der Waals surface area contributed by atoms with Crippen molar-refractivity contribution in [1.29, 1.82) is 0 Å². The topological polar surface area (TPSA) is 62.2 Å². The molecule has 1 amide bonds. The predicted octanol–water partition coefficient (Wildman–Crippen LogP) is 3.05. The molecule has 188 valence electrons. The van der Waals surface area contributed by atoms with Crippen molar-refractivity contribution in [1.82, 2.24) is 9.80 Å². The largest absolute Gasteiger partial charge is 0.389 e. The molecular weight excluding hydrogens is 454 g/mol. The van der Waals surface area contributed by atoms with Gasteiger partial charge in [0.2, 0.25) is 5.91 Å². The maximum absolute atomic E-state index is 14.3. The van der Waals surface area contributed by atoms with Crippen LogP contribution < -0.4 is 0 Å². The van der Waals surface area contributed by atoms with Crippen LogP contribution in [0.5, 0.6) is 0 Å². The van der Waals surface area contributed by atoms with Crippen LogP contribution in [0.3, 0.4) is 0 Å². The third-order valence-electron chi connectivity index (χ3n) is 7.35. The van der Waals surface area contributed by atoms with Crippen molar-refractivity contribution in [2.75, 3.05) is 26.3 Å². The summed E-state index contributed by atoms with van der Waals surface area (Å²) in [7, 11) is 0. The molecule has 8 heteroatoms. The standard InChI is InChI=1S/C27H32F2N2O4/c28-21-5-7-24(29)20(11-21)14-31-15-22(32)16-34-17-26-25(31)8-6-23(35-26)12-27(33)30-10-9-18-3-1-2-4-19(18)13-30/h1-5,7,11,22-23,25-26,32H,6,8-10,12-17H2/t22-,23-,25+,26-/m1/s1. The van der Waals surface area contributed by atoms with Crippen LogP contribution in [0.15, 0.2) is 42.5 Å². The van der Waals surface area contributed by atoms with Gasteiger partial charge < -0.3 is 19.5 Å². The summed E-state index contributed by atoms with van der Waals surface area (Å²) in [5.41, 5.74) is 2.75. The molecule has 35 heavy (non-hydrogen) atoms. The van der Waals surface area contributed by atoms with Gasteiger partial charge in [-0.1, -0.05) is 24.3 Å². The van der Waals surface area contributed by atoms with E-state index >= 15 is 0 Å². The molecule has 0 aromatic heterocycles. The molecule has 1 N–H and O–H groups in total. The van der Waals surface area contributed by atoms with Crippen molar-refractivity contribution < 1.29 is 28.2 Å². The number of halogens is 2. The molecule has 0 saturated carbocycles. The van der Waals surface area contributed by atoms with Crippen molar-refractivity contribution in [3.63, 3.8) is 0 Å². The van der Waals surface area contributed by atoms with Gasteiger partial charge in [0.1, 0.15) is 11.6 Å². The van der Waals surface area contributed by atoms with Gasteiger partial charge in [-0.3, -0.25) is 9.69 Å². The second kappa shape index (κ2) is 10.7. The molecule has 0 unspecified atom stereocenters. The van der Waals surface area contributed by atoms with Gasteiger partial charge in [0.25, 0.3) is 0 Å². The molecule has 3 aliphatic heterocycles.